The van der Waals surface area contributed by atoms with E-state index in [-0.39, 0.29) is 5.91 Å². The Morgan fingerprint density at radius 3 is 2.47 bits per heavy atom. The van der Waals surface area contributed by atoms with Crippen LogP contribution in [-0.2, 0) is 0 Å². The Bertz CT molecular complexity index is 414. The third-order valence-electron chi connectivity index (χ3n) is 2.43. The van der Waals surface area contributed by atoms with Gasteiger partial charge < -0.3 is 16.0 Å². The van der Waals surface area contributed by atoms with E-state index in [4.69, 9.17) is 5.73 Å². The molecule has 17 heavy (non-hydrogen) atoms. The Balaban J connectivity index is 2.90. The summed E-state index contributed by atoms with van der Waals surface area (Å²) in [6.45, 7) is 5.16. The number of carbonyl (C=O) groups excluding carboxylic acids is 2. The Hall–Kier alpha value is -2.04. The van der Waals surface area contributed by atoms with Gasteiger partial charge in [-0.25, -0.2) is 4.79 Å². The maximum atomic E-state index is 12.0. The number of primary amides is 1. The number of hydrogen-bond donors (Lipinski definition) is 2. The molecule has 0 aliphatic heterocycles. The van der Waals surface area contributed by atoms with Crippen LogP contribution in [0.4, 0.5) is 10.5 Å². The monoisotopic (exact) mass is 235 g/mol. The molecule has 5 nitrogen and oxygen atoms in total. The van der Waals surface area contributed by atoms with Gasteiger partial charge in [0.05, 0.1) is 0 Å². The summed E-state index contributed by atoms with van der Waals surface area (Å²) in [5.74, 6) is -0.0527. The van der Waals surface area contributed by atoms with Crippen LogP contribution in [-0.4, -0.2) is 29.9 Å². The quantitative estimate of drug-likeness (QED) is 0.832. The number of amides is 3. The zero-order valence-corrected chi connectivity index (χ0v) is 10.1. The molecule has 1 aromatic carbocycles. The van der Waals surface area contributed by atoms with Crippen LogP contribution in [0, 0.1) is 0 Å². The van der Waals surface area contributed by atoms with E-state index >= 15 is 0 Å². The molecule has 3 N–H and O–H groups in total. The second-order valence-electron chi connectivity index (χ2n) is 3.55. The molecule has 92 valence electrons. The standard InChI is InChI=1S/C12H17N3O2/c1-3-15(4-2)11(16)9-6-5-7-10(8-9)14-12(13)17/h5-8H,3-4H2,1-2H3,(H3,13,14,17). The van der Waals surface area contributed by atoms with Crippen molar-refractivity contribution in [1.82, 2.24) is 4.90 Å². The molecule has 0 bridgehead atoms. The molecule has 0 saturated carbocycles. The summed E-state index contributed by atoms with van der Waals surface area (Å²) in [4.78, 5) is 24.5. The average Bonchev–Trinajstić information content (AvgIpc) is 2.30. The van der Waals surface area contributed by atoms with E-state index in [1.54, 1.807) is 29.2 Å². The molecule has 0 heterocycles. The Kier molecular flexibility index (Phi) is 4.51. The number of nitrogens with one attached hydrogen (secondary N) is 1. The van der Waals surface area contributed by atoms with E-state index in [2.05, 4.69) is 5.32 Å². The lowest BCUT2D eigenvalue weighted by Crippen LogP contribution is -2.30. The van der Waals surface area contributed by atoms with Crippen molar-refractivity contribution >= 4 is 17.6 Å². The molecule has 0 aliphatic rings. The summed E-state index contributed by atoms with van der Waals surface area (Å²) in [5.41, 5.74) is 6.08. The van der Waals surface area contributed by atoms with Crippen molar-refractivity contribution in [3.63, 3.8) is 0 Å². The zero-order valence-electron chi connectivity index (χ0n) is 10.1. The Labute approximate surface area is 101 Å². The molecule has 0 saturated heterocycles. The third-order valence-corrected chi connectivity index (χ3v) is 2.43. The highest BCUT2D eigenvalue weighted by Gasteiger charge is 2.12. The molecule has 0 radical (unpaired) electrons. The van der Waals surface area contributed by atoms with E-state index in [0.717, 1.165) is 0 Å². The van der Waals surface area contributed by atoms with Crippen molar-refractivity contribution in [3.8, 4) is 0 Å². The molecule has 0 unspecified atom stereocenters. The highest BCUT2D eigenvalue weighted by molar-refractivity contribution is 5.96. The molecular weight excluding hydrogens is 218 g/mol. The number of nitrogens with two attached hydrogens (primary N) is 1. The summed E-state index contributed by atoms with van der Waals surface area (Å²) in [5, 5.41) is 2.44. The molecule has 0 spiro atoms. The predicted octanol–water partition coefficient (Wildman–Crippen LogP) is 1.66. The van der Waals surface area contributed by atoms with Crippen molar-refractivity contribution in [3.05, 3.63) is 29.8 Å². The van der Waals surface area contributed by atoms with E-state index in [1.165, 1.54) is 0 Å². The molecule has 1 rings (SSSR count). The molecule has 5 heteroatoms. The molecule has 0 fully saturated rings. The molecule has 3 amide bonds. The van der Waals surface area contributed by atoms with Crippen LogP contribution in [0.1, 0.15) is 24.2 Å². The lowest BCUT2D eigenvalue weighted by molar-refractivity contribution is 0.0773. The van der Waals surface area contributed by atoms with Gasteiger partial charge in [0, 0.05) is 24.3 Å². The number of urea groups is 1. The highest BCUT2D eigenvalue weighted by atomic mass is 16.2. The van der Waals surface area contributed by atoms with Crippen molar-refractivity contribution in [1.29, 1.82) is 0 Å². The predicted molar refractivity (Wildman–Crippen MR) is 66.9 cm³/mol. The van der Waals surface area contributed by atoms with Gasteiger partial charge in [-0.05, 0) is 32.0 Å². The highest BCUT2D eigenvalue weighted by Crippen LogP contribution is 2.12. The van der Waals surface area contributed by atoms with Crippen molar-refractivity contribution < 1.29 is 9.59 Å². The Morgan fingerprint density at radius 1 is 1.29 bits per heavy atom. The molecule has 1 aromatic rings. The van der Waals surface area contributed by atoms with Gasteiger partial charge in [-0.2, -0.15) is 0 Å². The van der Waals surface area contributed by atoms with E-state index in [0.29, 0.717) is 24.3 Å². The van der Waals surface area contributed by atoms with Crippen LogP contribution in [0.5, 0.6) is 0 Å². The summed E-state index contributed by atoms with van der Waals surface area (Å²) in [6.07, 6.45) is 0. The van der Waals surface area contributed by atoms with Crippen molar-refractivity contribution in [2.75, 3.05) is 18.4 Å². The number of nitrogens with zero attached hydrogens (tertiary/aromatic N) is 1. The van der Waals surface area contributed by atoms with Crippen LogP contribution < -0.4 is 11.1 Å². The zero-order chi connectivity index (χ0) is 12.8. The van der Waals surface area contributed by atoms with Crippen LogP contribution in [0.2, 0.25) is 0 Å². The van der Waals surface area contributed by atoms with Gasteiger partial charge in [0.25, 0.3) is 5.91 Å². The van der Waals surface area contributed by atoms with Crippen LogP contribution in [0.25, 0.3) is 0 Å². The van der Waals surface area contributed by atoms with Gasteiger partial charge in [-0.15, -0.1) is 0 Å². The van der Waals surface area contributed by atoms with Crippen LogP contribution >= 0.6 is 0 Å². The third kappa shape index (κ3) is 3.48. The summed E-state index contributed by atoms with van der Waals surface area (Å²) in [6, 6.07) is 6.08. The van der Waals surface area contributed by atoms with Gasteiger partial charge >= 0.3 is 6.03 Å². The SMILES string of the molecule is CCN(CC)C(=O)c1cccc(NC(N)=O)c1. The van der Waals surface area contributed by atoms with Crippen molar-refractivity contribution in [2.24, 2.45) is 5.73 Å². The first kappa shape index (κ1) is 13.0. The molecular formula is C12H17N3O2. The van der Waals surface area contributed by atoms with Crippen molar-refractivity contribution in [2.45, 2.75) is 13.8 Å². The minimum Gasteiger partial charge on any atom is -0.351 e. The minimum atomic E-state index is -0.641. The van der Waals surface area contributed by atoms with E-state index < -0.39 is 6.03 Å². The largest absolute Gasteiger partial charge is 0.351 e. The second-order valence-corrected chi connectivity index (χ2v) is 3.55. The number of carbonyl (C=O) groups is 2. The second kappa shape index (κ2) is 5.89. The van der Waals surface area contributed by atoms with Crippen LogP contribution in [0.3, 0.4) is 0 Å². The first-order chi connectivity index (χ1) is 8.08. The molecule has 0 atom stereocenters. The molecule has 0 aromatic heterocycles. The number of rotatable bonds is 4. The fraction of sp³-hybridized carbons (Fsp3) is 0.333. The number of anilines is 1. The number of benzene rings is 1. The maximum absolute atomic E-state index is 12.0. The van der Waals surface area contributed by atoms with Gasteiger partial charge in [-0.3, -0.25) is 4.79 Å². The lowest BCUT2D eigenvalue weighted by Gasteiger charge is -2.18. The summed E-state index contributed by atoms with van der Waals surface area (Å²) >= 11 is 0. The van der Waals surface area contributed by atoms with E-state index in [1.807, 2.05) is 13.8 Å². The van der Waals surface area contributed by atoms with Crippen LogP contribution in [0.15, 0.2) is 24.3 Å². The van der Waals surface area contributed by atoms with Gasteiger partial charge in [0.15, 0.2) is 0 Å². The fourth-order valence-electron chi connectivity index (χ4n) is 1.57. The first-order valence-electron chi connectivity index (χ1n) is 5.54. The average molecular weight is 235 g/mol. The summed E-state index contributed by atoms with van der Waals surface area (Å²) in [7, 11) is 0. The topological polar surface area (TPSA) is 75.4 Å². The summed E-state index contributed by atoms with van der Waals surface area (Å²) < 4.78 is 0. The first-order valence-corrected chi connectivity index (χ1v) is 5.54. The van der Waals surface area contributed by atoms with Gasteiger partial charge in [-0.1, -0.05) is 6.07 Å². The molecule has 0 aliphatic carbocycles. The maximum Gasteiger partial charge on any atom is 0.316 e. The normalized spacial score (nSPS) is 9.76. The fourth-order valence-corrected chi connectivity index (χ4v) is 1.57. The Morgan fingerprint density at radius 2 is 1.94 bits per heavy atom. The smallest absolute Gasteiger partial charge is 0.316 e. The van der Waals surface area contributed by atoms with Gasteiger partial charge in [0.2, 0.25) is 0 Å². The van der Waals surface area contributed by atoms with Gasteiger partial charge in [0.1, 0.15) is 0 Å². The lowest BCUT2D eigenvalue weighted by atomic mass is 10.1. The number of hydrogen-bond acceptors (Lipinski definition) is 2. The minimum absolute atomic E-state index is 0.0527. The van der Waals surface area contributed by atoms with E-state index in [9.17, 15) is 9.59 Å².